The fourth-order valence-corrected chi connectivity index (χ4v) is 4.41. The highest BCUT2D eigenvalue weighted by Gasteiger charge is 2.27. The van der Waals surface area contributed by atoms with Gasteiger partial charge in [-0.05, 0) is 67.8 Å². The van der Waals surface area contributed by atoms with E-state index in [1.807, 2.05) is 0 Å². The molecule has 2 aromatic carbocycles. The van der Waals surface area contributed by atoms with Gasteiger partial charge in [-0.2, -0.15) is 9.41 Å². The van der Waals surface area contributed by atoms with Crippen molar-refractivity contribution in [2.24, 2.45) is 5.10 Å². The molecule has 142 valence electrons. The largest absolute Gasteiger partial charge is 0.508 e. The van der Waals surface area contributed by atoms with Gasteiger partial charge in [0.2, 0.25) is 10.0 Å². The standard InChI is InChI=1S/C19H21N3O4S/c1-14(15-7-9-17(23)10-8-15)20-21-19(24)16-5-4-6-18(13-16)27(25,26)22-11-2-3-12-22/h4-10,13,23H,2-3,11-12H2,1H3,(H,21,24)/b20-14+. The number of sulfonamides is 1. The molecule has 2 N–H and O–H groups in total. The molecule has 0 atom stereocenters. The normalized spacial score (nSPS) is 15.7. The summed E-state index contributed by atoms with van der Waals surface area (Å²) in [5.41, 5.74) is 3.97. The number of phenolic OH excluding ortho intramolecular Hbond substituents is 1. The van der Waals surface area contributed by atoms with Gasteiger partial charge in [-0.1, -0.05) is 6.07 Å². The highest BCUT2D eigenvalue weighted by Crippen LogP contribution is 2.21. The third-order valence-electron chi connectivity index (χ3n) is 4.41. The summed E-state index contributed by atoms with van der Waals surface area (Å²) in [7, 11) is -3.58. The monoisotopic (exact) mass is 387 g/mol. The first-order valence-corrected chi connectivity index (χ1v) is 10.1. The SMILES string of the molecule is C/C(=N\NC(=O)c1cccc(S(=O)(=O)N2CCCC2)c1)c1ccc(O)cc1. The summed E-state index contributed by atoms with van der Waals surface area (Å²) in [4.78, 5) is 12.5. The number of amides is 1. The molecule has 2 aromatic rings. The lowest BCUT2D eigenvalue weighted by molar-refractivity contribution is 0.0954. The van der Waals surface area contributed by atoms with Crippen LogP contribution in [-0.4, -0.2) is 42.5 Å². The van der Waals surface area contributed by atoms with E-state index < -0.39 is 15.9 Å². The van der Waals surface area contributed by atoms with Crippen molar-refractivity contribution in [2.45, 2.75) is 24.7 Å². The van der Waals surface area contributed by atoms with Crippen LogP contribution in [-0.2, 0) is 10.0 Å². The topological polar surface area (TPSA) is 99.1 Å². The number of nitrogens with zero attached hydrogens (tertiary/aromatic N) is 2. The van der Waals surface area contributed by atoms with Crippen LogP contribution in [0.1, 0.15) is 35.7 Å². The lowest BCUT2D eigenvalue weighted by Crippen LogP contribution is -2.28. The summed E-state index contributed by atoms with van der Waals surface area (Å²) in [5, 5.41) is 13.4. The van der Waals surface area contributed by atoms with Crippen molar-refractivity contribution < 1.29 is 18.3 Å². The minimum atomic E-state index is -3.58. The van der Waals surface area contributed by atoms with Crippen molar-refractivity contribution in [3.05, 3.63) is 59.7 Å². The van der Waals surface area contributed by atoms with Crippen molar-refractivity contribution in [3.63, 3.8) is 0 Å². The number of hydrogen-bond acceptors (Lipinski definition) is 5. The number of hydrazone groups is 1. The molecule has 0 spiro atoms. The van der Waals surface area contributed by atoms with Crippen LogP contribution in [0.15, 0.2) is 58.5 Å². The third-order valence-corrected chi connectivity index (χ3v) is 6.30. The lowest BCUT2D eigenvalue weighted by atomic mass is 10.1. The minimum Gasteiger partial charge on any atom is -0.508 e. The summed E-state index contributed by atoms with van der Waals surface area (Å²) in [6.45, 7) is 2.74. The molecule has 8 heteroatoms. The van der Waals surface area contributed by atoms with Gasteiger partial charge in [0, 0.05) is 18.7 Å². The molecule has 3 rings (SSSR count). The molecule has 1 heterocycles. The first-order valence-electron chi connectivity index (χ1n) is 8.62. The van der Waals surface area contributed by atoms with Crippen LogP contribution in [0.5, 0.6) is 5.75 Å². The number of aromatic hydroxyl groups is 1. The average molecular weight is 387 g/mol. The Bertz CT molecular complexity index is 963. The molecule has 1 aliphatic heterocycles. The van der Waals surface area contributed by atoms with Gasteiger partial charge >= 0.3 is 0 Å². The van der Waals surface area contributed by atoms with E-state index >= 15 is 0 Å². The Balaban J connectivity index is 1.75. The van der Waals surface area contributed by atoms with Gasteiger partial charge in [-0.3, -0.25) is 4.79 Å². The summed E-state index contributed by atoms with van der Waals surface area (Å²) in [5.74, 6) is -0.349. The van der Waals surface area contributed by atoms with Gasteiger partial charge in [-0.25, -0.2) is 13.8 Å². The van der Waals surface area contributed by atoms with Gasteiger partial charge < -0.3 is 5.11 Å². The second-order valence-electron chi connectivity index (χ2n) is 6.32. The van der Waals surface area contributed by atoms with Crippen molar-refractivity contribution >= 4 is 21.6 Å². The Morgan fingerprint density at radius 1 is 1.07 bits per heavy atom. The van der Waals surface area contributed by atoms with Crippen LogP contribution in [0.25, 0.3) is 0 Å². The van der Waals surface area contributed by atoms with Crippen LogP contribution in [0.4, 0.5) is 0 Å². The van der Waals surface area contributed by atoms with Crippen LogP contribution in [0.2, 0.25) is 0 Å². The van der Waals surface area contributed by atoms with Crippen molar-refractivity contribution in [3.8, 4) is 5.75 Å². The maximum Gasteiger partial charge on any atom is 0.271 e. The van der Waals surface area contributed by atoms with E-state index in [-0.39, 0.29) is 16.2 Å². The molecule has 0 bridgehead atoms. The predicted molar refractivity (Wildman–Crippen MR) is 102 cm³/mol. The van der Waals surface area contributed by atoms with E-state index in [1.54, 1.807) is 31.2 Å². The Morgan fingerprint density at radius 2 is 1.74 bits per heavy atom. The number of hydrogen-bond donors (Lipinski definition) is 2. The van der Waals surface area contributed by atoms with E-state index in [4.69, 9.17) is 0 Å². The maximum atomic E-state index is 12.6. The number of nitrogens with one attached hydrogen (secondary N) is 1. The van der Waals surface area contributed by atoms with Crippen LogP contribution < -0.4 is 5.43 Å². The molecule has 7 nitrogen and oxygen atoms in total. The molecule has 1 saturated heterocycles. The molecule has 1 fully saturated rings. The van der Waals surface area contributed by atoms with Gasteiger partial charge in [-0.15, -0.1) is 0 Å². The smallest absolute Gasteiger partial charge is 0.271 e. The molecular weight excluding hydrogens is 366 g/mol. The summed E-state index contributed by atoms with van der Waals surface area (Å²) in [6, 6.07) is 12.4. The Morgan fingerprint density at radius 3 is 2.41 bits per heavy atom. The zero-order chi connectivity index (χ0) is 19.4. The van der Waals surface area contributed by atoms with E-state index in [1.165, 1.54) is 28.6 Å². The molecule has 0 unspecified atom stereocenters. The average Bonchev–Trinajstić information content (AvgIpc) is 3.22. The van der Waals surface area contributed by atoms with E-state index in [9.17, 15) is 18.3 Å². The quantitative estimate of drug-likeness (QED) is 0.608. The van der Waals surface area contributed by atoms with Gasteiger partial charge in [0.25, 0.3) is 5.91 Å². The number of benzene rings is 2. The minimum absolute atomic E-state index is 0.108. The van der Waals surface area contributed by atoms with Gasteiger partial charge in [0.05, 0.1) is 10.6 Å². The molecule has 27 heavy (non-hydrogen) atoms. The molecule has 0 aliphatic carbocycles. The zero-order valence-electron chi connectivity index (χ0n) is 14.9. The summed E-state index contributed by atoms with van der Waals surface area (Å²) in [6.07, 6.45) is 1.70. The number of carbonyl (C=O) groups is 1. The van der Waals surface area contributed by atoms with Crippen molar-refractivity contribution in [1.29, 1.82) is 0 Å². The fraction of sp³-hybridized carbons (Fsp3) is 0.263. The molecular formula is C19H21N3O4S. The number of rotatable bonds is 5. The Labute approximate surface area is 158 Å². The van der Waals surface area contributed by atoms with Crippen LogP contribution >= 0.6 is 0 Å². The Hall–Kier alpha value is -2.71. The highest BCUT2D eigenvalue weighted by molar-refractivity contribution is 7.89. The van der Waals surface area contributed by atoms with Crippen LogP contribution in [0.3, 0.4) is 0 Å². The third kappa shape index (κ3) is 4.35. The Kier molecular flexibility index (Phi) is 5.57. The van der Waals surface area contributed by atoms with E-state index in [0.717, 1.165) is 18.4 Å². The van der Waals surface area contributed by atoms with Crippen molar-refractivity contribution in [1.82, 2.24) is 9.73 Å². The second kappa shape index (κ2) is 7.89. The van der Waals surface area contributed by atoms with Gasteiger partial charge in [0.1, 0.15) is 5.75 Å². The fourth-order valence-electron chi connectivity index (χ4n) is 2.84. The van der Waals surface area contributed by atoms with Crippen LogP contribution in [0, 0.1) is 0 Å². The van der Waals surface area contributed by atoms with E-state index in [2.05, 4.69) is 10.5 Å². The maximum absolute atomic E-state index is 12.6. The molecule has 1 amide bonds. The molecule has 0 radical (unpaired) electrons. The predicted octanol–water partition coefficient (Wildman–Crippen LogP) is 2.33. The lowest BCUT2D eigenvalue weighted by Gasteiger charge is -2.15. The summed E-state index contributed by atoms with van der Waals surface area (Å²) < 4.78 is 26.7. The molecule has 0 saturated carbocycles. The van der Waals surface area contributed by atoms with Crippen molar-refractivity contribution in [2.75, 3.05) is 13.1 Å². The zero-order valence-corrected chi connectivity index (χ0v) is 15.7. The highest BCUT2D eigenvalue weighted by atomic mass is 32.2. The number of phenols is 1. The number of carbonyl (C=O) groups excluding carboxylic acids is 1. The summed E-state index contributed by atoms with van der Waals surface area (Å²) >= 11 is 0. The first kappa shape index (κ1) is 19.1. The van der Waals surface area contributed by atoms with E-state index in [0.29, 0.717) is 18.8 Å². The molecule has 0 aromatic heterocycles. The first-order chi connectivity index (χ1) is 12.9. The second-order valence-corrected chi connectivity index (χ2v) is 8.26. The molecule has 1 aliphatic rings. The van der Waals surface area contributed by atoms with Gasteiger partial charge in [0.15, 0.2) is 0 Å².